The molecule has 3 aromatic rings. The summed E-state index contributed by atoms with van der Waals surface area (Å²) in [6.45, 7) is 10.5. The topological polar surface area (TPSA) is 89.9 Å². The van der Waals surface area contributed by atoms with Crippen molar-refractivity contribution < 1.29 is 19.1 Å². The van der Waals surface area contributed by atoms with Crippen LogP contribution in [0.15, 0.2) is 48.7 Å². The Labute approximate surface area is 232 Å². The highest BCUT2D eigenvalue weighted by Crippen LogP contribution is 2.44. The molecule has 5 rings (SSSR count). The summed E-state index contributed by atoms with van der Waals surface area (Å²) in [4.78, 5) is 39.9. The maximum atomic E-state index is 14.2. The van der Waals surface area contributed by atoms with Gasteiger partial charge in [-0.2, -0.15) is 0 Å². The summed E-state index contributed by atoms with van der Waals surface area (Å²) in [7, 11) is 0. The molecular weight excluding hydrogens is 521 g/mol. The van der Waals surface area contributed by atoms with Gasteiger partial charge in [0, 0.05) is 37.3 Å². The van der Waals surface area contributed by atoms with Crippen LogP contribution in [0.5, 0.6) is 0 Å². The minimum atomic E-state index is -0.918. The third kappa shape index (κ3) is 5.15. The quantitative estimate of drug-likeness (QED) is 0.473. The summed E-state index contributed by atoms with van der Waals surface area (Å²) in [6.07, 6.45) is 1.57. The largest absolute Gasteiger partial charge is 0.481 e. The lowest BCUT2D eigenvalue weighted by atomic mass is 9.91. The van der Waals surface area contributed by atoms with E-state index in [4.69, 9.17) is 21.7 Å². The summed E-state index contributed by atoms with van der Waals surface area (Å²) in [5, 5.41) is 9.05. The molecule has 204 valence electrons. The SMILES string of the molecule is CC1(C)CN(c2ccc(Cl)c(F)c2)c2ccc(C(=O)N3CCN(c4ccc(CC(=O)O)nc4)CC3(C)C)nc21. The van der Waals surface area contributed by atoms with Gasteiger partial charge in [-0.05, 0) is 56.3 Å². The smallest absolute Gasteiger partial charge is 0.309 e. The van der Waals surface area contributed by atoms with Crippen molar-refractivity contribution in [2.75, 3.05) is 36.0 Å². The maximum absolute atomic E-state index is 14.2. The predicted molar refractivity (Wildman–Crippen MR) is 149 cm³/mol. The number of hydrogen-bond acceptors (Lipinski definition) is 6. The lowest BCUT2D eigenvalue weighted by Gasteiger charge is -2.47. The maximum Gasteiger partial charge on any atom is 0.309 e. The van der Waals surface area contributed by atoms with Crippen LogP contribution in [0, 0.1) is 5.82 Å². The number of hydrogen-bond donors (Lipinski definition) is 1. The van der Waals surface area contributed by atoms with Gasteiger partial charge in [-0.15, -0.1) is 0 Å². The Balaban J connectivity index is 1.36. The Bertz CT molecular complexity index is 1440. The molecule has 0 atom stereocenters. The molecule has 1 saturated heterocycles. The summed E-state index contributed by atoms with van der Waals surface area (Å²) in [5.74, 6) is -1.53. The second-order valence-electron chi connectivity index (χ2n) is 11.4. The Morgan fingerprint density at radius 3 is 2.41 bits per heavy atom. The molecule has 0 aliphatic carbocycles. The number of carboxylic acids is 1. The number of aromatic nitrogens is 2. The van der Waals surface area contributed by atoms with Crippen molar-refractivity contribution in [1.29, 1.82) is 0 Å². The molecule has 2 aliphatic rings. The van der Waals surface area contributed by atoms with Crippen LogP contribution in [-0.2, 0) is 16.6 Å². The van der Waals surface area contributed by atoms with Crippen LogP contribution in [0.25, 0.3) is 0 Å². The molecule has 0 spiro atoms. The predicted octanol–water partition coefficient (Wildman–Crippen LogP) is 5.07. The van der Waals surface area contributed by atoms with Gasteiger partial charge in [0.2, 0.25) is 0 Å². The number of pyridine rings is 2. The third-order valence-electron chi connectivity index (χ3n) is 7.45. The first-order chi connectivity index (χ1) is 18.4. The number of amides is 1. The van der Waals surface area contributed by atoms with Gasteiger partial charge in [0.1, 0.15) is 11.5 Å². The van der Waals surface area contributed by atoms with Crippen LogP contribution in [0.1, 0.15) is 49.6 Å². The van der Waals surface area contributed by atoms with Gasteiger partial charge in [-0.25, -0.2) is 9.37 Å². The molecule has 0 saturated carbocycles. The Kier molecular flexibility index (Phi) is 6.74. The fourth-order valence-corrected chi connectivity index (χ4v) is 5.60. The standard InChI is InChI=1S/C29H31ClFN5O3/c1-28(2)16-35(19-7-8-21(30)22(31)14-19)24-10-9-23(33-26(24)28)27(39)36-12-11-34(17-29(36,3)4)20-6-5-18(32-15-20)13-25(37)38/h5-10,14-15H,11-13,16-17H2,1-4H3,(H,37,38). The number of carbonyl (C=O) groups is 2. The van der Waals surface area contributed by atoms with E-state index >= 15 is 0 Å². The molecule has 0 unspecified atom stereocenters. The molecule has 0 bridgehead atoms. The number of rotatable bonds is 5. The van der Waals surface area contributed by atoms with Gasteiger partial charge in [0.05, 0.1) is 45.9 Å². The Hall–Kier alpha value is -3.72. The molecule has 1 amide bonds. The average molecular weight is 552 g/mol. The first-order valence-electron chi connectivity index (χ1n) is 12.8. The minimum Gasteiger partial charge on any atom is -0.481 e. The second kappa shape index (κ2) is 9.79. The van der Waals surface area contributed by atoms with E-state index < -0.39 is 17.3 Å². The number of benzene rings is 1. The van der Waals surface area contributed by atoms with E-state index in [-0.39, 0.29) is 22.8 Å². The molecular formula is C29H31ClFN5O3. The van der Waals surface area contributed by atoms with E-state index in [9.17, 15) is 14.0 Å². The monoisotopic (exact) mass is 551 g/mol. The van der Waals surface area contributed by atoms with Crippen LogP contribution >= 0.6 is 11.6 Å². The van der Waals surface area contributed by atoms with Crippen molar-refractivity contribution in [2.45, 2.75) is 45.1 Å². The second-order valence-corrected chi connectivity index (χ2v) is 11.8. The number of piperazine rings is 1. The zero-order valence-corrected chi connectivity index (χ0v) is 23.2. The zero-order valence-electron chi connectivity index (χ0n) is 22.4. The van der Waals surface area contributed by atoms with Gasteiger partial charge in [0.25, 0.3) is 5.91 Å². The molecule has 0 radical (unpaired) electrons. The van der Waals surface area contributed by atoms with Crippen molar-refractivity contribution >= 4 is 40.5 Å². The summed E-state index contributed by atoms with van der Waals surface area (Å²) in [5.41, 5.74) is 3.27. The molecule has 1 fully saturated rings. The highest BCUT2D eigenvalue weighted by Gasteiger charge is 2.41. The van der Waals surface area contributed by atoms with Crippen molar-refractivity contribution in [2.24, 2.45) is 0 Å². The summed E-state index contributed by atoms with van der Waals surface area (Å²) < 4.78 is 14.2. The van der Waals surface area contributed by atoms with Crippen LogP contribution in [0.2, 0.25) is 5.02 Å². The van der Waals surface area contributed by atoms with Crippen LogP contribution in [0.3, 0.4) is 0 Å². The molecule has 39 heavy (non-hydrogen) atoms. The average Bonchev–Trinajstić information content (AvgIpc) is 3.15. The molecule has 4 heterocycles. The number of halogens is 2. The van der Waals surface area contributed by atoms with E-state index in [0.29, 0.717) is 43.3 Å². The fraction of sp³-hybridized carbons (Fsp3) is 0.379. The minimum absolute atomic E-state index is 0.0747. The van der Waals surface area contributed by atoms with Crippen LogP contribution < -0.4 is 9.80 Å². The van der Waals surface area contributed by atoms with Gasteiger partial charge >= 0.3 is 5.97 Å². The molecule has 2 aromatic heterocycles. The summed E-state index contributed by atoms with van der Waals surface area (Å²) in [6, 6.07) is 12.0. The van der Waals surface area contributed by atoms with Crippen molar-refractivity contribution in [3.63, 3.8) is 0 Å². The summed E-state index contributed by atoms with van der Waals surface area (Å²) >= 11 is 5.89. The van der Waals surface area contributed by atoms with E-state index in [1.807, 2.05) is 35.8 Å². The molecule has 1 N–H and O–H groups in total. The first-order valence-corrected chi connectivity index (χ1v) is 13.2. The molecule has 2 aliphatic heterocycles. The third-order valence-corrected chi connectivity index (χ3v) is 7.75. The first kappa shape index (κ1) is 26.9. The van der Waals surface area contributed by atoms with E-state index in [0.717, 1.165) is 17.1 Å². The number of nitrogens with zero attached hydrogens (tertiary/aromatic N) is 5. The van der Waals surface area contributed by atoms with Crippen LogP contribution in [0.4, 0.5) is 21.5 Å². The highest BCUT2D eigenvalue weighted by atomic mass is 35.5. The van der Waals surface area contributed by atoms with Gasteiger partial charge < -0.3 is 19.8 Å². The molecule has 8 nitrogen and oxygen atoms in total. The van der Waals surface area contributed by atoms with Crippen molar-refractivity contribution in [1.82, 2.24) is 14.9 Å². The zero-order chi connectivity index (χ0) is 28.1. The van der Waals surface area contributed by atoms with Gasteiger partial charge in [-0.3, -0.25) is 14.6 Å². The molecule has 10 heteroatoms. The van der Waals surface area contributed by atoms with Gasteiger partial charge in [0.15, 0.2) is 0 Å². The van der Waals surface area contributed by atoms with Crippen molar-refractivity contribution in [3.8, 4) is 0 Å². The highest BCUT2D eigenvalue weighted by molar-refractivity contribution is 6.30. The number of anilines is 3. The number of aliphatic carboxylic acids is 1. The number of fused-ring (bicyclic) bond motifs is 1. The normalized spacial score (nSPS) is 17.7. The van der Waals surface area contributed by atoms with E-state index in [1.54, 1.807) is 30.5 Å². The van der Waals surface area contributed by atoms with E-state index in [2.05, 4.69) is 23.7 Å². The molecule has 1 aromatic carbocycles. The van der Waals surface area contributed by atoms with Crippen LogP contribution in [-0.4, -0.2) is 63.6 Å². The van der Waals surface area contributed by atoms with E-state index in [1.165, 1.54) is 6.07 Å². The number of carbonyl (C=O) groups excluding carboxylic acids is 1. The number of carboxylic acid groups (broad SMARTS) is 1. The Morgan fingerprint density at radius 2 is 1.77 bits per heavy atom. The lowest BCUT2D eigenvalue weighted by molar-refractivity contribution is -0.136. The lowest BCUT2D eigenvalue weighted by Crippen LogP contribution is -2.61. The van der Waals surface area contributed by atoms with Crippen molar-refractivity contribution in [3.05, 3.63) is 76.6 Å². The fourth-order valence-electron chi connectivity index (χ4n) is 5.48. The van der Waals surface area contributed by atoms with Gasteiger partial charge in [-0.1, -0.05) is 25.4 Å². The Morgan fingerprint density at radius 1 is 1.03 bits per heavy atom.